The molecule has 5 nitrogen and oxygen atoms in total. The van der Waals surface area contributed by atoms with Crippen molar-refractivity contribution >= 4 is 29.3 Å². The average molecular weight is 335 g/mol. The van der Waals surface area contributed by atoms with Crippen molar-refractivity contribution in [3.63, 3.8) is 0 Å². The maximum Gasteiger partial charge on any atom is 0.240 e. The molecule has 0 aromatic heterocycles. The maximum atomic E-state index is 12.3. The molecule has 1 saturated heterocycles. The minimum Gasteiger partial charge on any atom is -0.350 e. The summed E-state index contributed by atoms with van der Waals surface area (Å²) in [5.41, 5.74) is 0.801. The molecule has 1 saturated carbocycles. The summed E-state index contributed by atoms with van der Waals surface area (Å²) in [7, 11) is 0. The molecule has 122 valence electrons. The number of imide groups is 1. The molecular formula is C17H19ClN2O3. The predicted molar refractivity (Wildman–Crippen MR) is 85.5 cm³/mol. The molecule has 3 amide bonds. The number of hydrogen-bond donors (Lipinski definition) is 1. The van der Waals surface area contributed by atoms with Crippen LogP contribution in [0.1, 0.15) is 31.2 Å². The van der Waals surface area contributed by atoms with Crippen LogP contribution in [0.25, 0.3) is 0 Å². The Balaban J connectivity index is 1.58. The van der Waals surface area contributed by atoms with Gasteiger partial charge in [0.05, 0.1) is 11.8 Å². The first-order valence-electron chi connectivity index (χ1n) is 7.93. The van der Waals surface area contributed by atoms with E-state index in [2.05, 4.69) is 5.32 Å². The second-order valence-electron chi connectivity index (χ2n) is 6.13. The monoisotopic (exact) mass is 334 g/mol. The van der Waals surface area contributed by atoms with Crippen molar-refractivity contribution in [2.45, 2.75) is 32.2 Å². The molecule has 1 aliphatic heterocycles. The van der Waals surface area contributed by atoms with Gasteiger partial charge in [-0.25, -0.2) is 0 Å². The van der Waals surface area contributed by atoms with Crippen molar-refractivity contribution < 1.29 is 14.4 Å². The molecule has 0 bridgehead atoms. The molecule has 6 heteroatoms. The summed E-state index contributed by atoms with van der Waals surface area (Å²) >= 11 is 6.04. The predicted octanol–water partition coefficient (Wildman–Crippen LogP) is 2.13. The molecule has 1 N–H and O–H groups in total. The third-order valence-electron chi connectivity index (χ3n) is 4.67. The lowest BCUT2D eigenvalue weighted by Gasteiger charge is -2.19. The first kappa shape index (κ1) is 16.0. The molecule has 3 rings (SSSR count). The van der Waals surface area contributed by atoms with Crippen molar-refractivity contribution in [3.05, 3.63) is 34.9 Å². The van der Waals surface area contributed by atoms with Gasteiger partial charge in [-0.1, -0.05) is 42.6 Å². The van der Waals surface area contributed by atoms with Crippen LogP contribution >= 0.6 is 11.6 Å². The fourth-order valence-electron chi connectivity index (χ4n) is 3.42. The fraction of sp³-hybridized carbons (Fsp3) is 0.471. The van der Waals surface area contributed by atoms with E-state index >= 15 is 0 Å². The maximum absolute atomic E-state index is 12.3. The molecule has 1 aliphatic carbocycles. The number of carbonyl (C=O) groups excluding carboxylic acids is 3. The van der Waals surface area contributed by atoms with Crippen LogP contribution in [-0.4, -0.2) is 29.2 Å². The van der Waals surface area contributed by atoms with Crippen molar-refractivity contribution in [1.29, 1.82) is 0 Å². The molecule has 1 aromatic carbocycles. The average Bonchev–Trinajstić information content (AvgIpc) is 2.80. The molecule has 2 fully saturated rings. The van der Waals surface area contributed by atoms with Gasteiger partial charge < -0.3 is 5.32 Å². The second-order valence-corrected chi connectivity index (χ2v) is 6.54. The number of carbonyl (C=O) groups is 3. The van der Waals surface area contributed by atoms with Gasteiger partial charge in [0.25, 0.3) is 0 Å². The van der Waals surface area contributed by atoms with Crippen molar-refractivity contribution in [1.82, 2.24) is 10.2 Å². The highest BCUT2D eigenvalue weighted by Gasteiger charge is 2.48. The minimum atomic E-state index is -0.342. The Morgan fingerprint density at radius 1 is 1.13 bits per heavy atom. The number of nitrogens with one attached hydrogen (secondary N) is 1. The summed E-state index contributed by atoms with van der Waals surface area (Å²) in [4.78, 5) is 37.8. The number of hydrogen-bond acceptors (Lipinski definition) is 3. The summed E-state index contributed by atoms with van der Waals surface area (Å²) < 4.78 is 0. The second kappa shape index (κ2) is 6.71. The van der Waals surface area contributed by atoms with E-state index < -0.39 is 0 Å². The molecule has 2 unspecified atom stereocenters. The van der Waals surface area contributed by atoms with E-state index in [1.54, 1.807) is 6.07 Å². The standard InChI is InChI=1S/C17H19ClN2O3/c18-14-8-4-1-5-11(14)9-19-15(21)10-20-16(22)12-6-2-3-7-13(12)17(20)23/h1,4-5,8,12-13H,2-3,6-7,9-10H2,(H,19,21). The van der Waals surface area contributed by atoms with Gasteiger partial charge in [0, 0.05) is 11.6 Å². The number of nitrogens with zero attached hydrogens (tertiary/aromatic N) is 1. The Morgan fingerprint density at radius 3 is 2.35 bits per heavy atom. The van der Waals surface area contributed by atoms with Crippen LogP contribution in [0.15, 0.2) is 24.3 Å². The van der Waals surface area contributed by atoms with Gasteiger partial charge >= 0.3 is 0 Å². The van der Waals surface area contributed by atoms with Gasteiger partial charge in [0.2, 0.25) is 17.7 Å². The lowest BCUT2D eigenvalue weighted by molar-refractivity contribution is -0.143. The van der Waals surface area contributed by atoms with Gasteiger partial charge in [0.15, 0.2) is 0 Å². The van der Waals surface area contributed by atoms with Gasteiger partial charge in [-0.15, -0.1) is 0 Å². The van der Waals surface area contributed by atoms with Crippen LogP contribution in [0.5, 0.6) is 0 Å². The number of rotatable bonds is 4. The van der Waals surface area contributed by atoms with Gasteiger partial charge in [-0.05, 0) is 24.5 Å². The third kappa shape index (κ3) is 3.24. The number of amides is 3. The van der Waals surface area contributed by atoms with E-state index in [0.717, 1.165) is 36.1 Å². The largest absolute Gasteiger partial charge is 0.350 e. The van der Waals surface area contributed by atoms with E-state index in [1.165, 1.54) is 0 Å². The molecular weight excluding hydrogens is 316 g/mol. The Kier molecular flexibility index (Phi) is 4.66. The van der Waals surface area contributed by atoms with E-state index in [1.807, 2.05) is 18.2 Å². The topological polar surface area (TPSA) is 66.5 Å². The first-order chi connectivity index (χ1) is 11.1. The van der Waals surface area contributed by atoms with Gasteiger partial charge in [0.1, 0.15) is 6.54 Å². The molecule has 2 aliphatic rings. The van der Waals surface area contributed by atoms with Crippen LogP contribution in [0.4, 0.5) is 0 Å². The number of fused-ring (bicyclic) bond motifs is 1. The van der Waals surface area contributed by atoms with Crippen LogP contribution < -0.4 is 5.32 Å². The van der Waals surface area contributed by atoms with E-state index in [9.17, 15) is 14.4 Å². The summed E-state index contributed by atoms with van der Waals surface area (Å²) in [5, 5.41) is 3.30. The van der Waals surface area contributed by atoms with Gasteiger partial charge in [-0.2, -0.15) is 0 Å². The Hall–Kier alpha value is -1.88. The van der Waals surface area contributed by atoms with Crippen molar-refractivity contribution in [2.75, 3.05) is 6.54 Å². The normalized spacial score (nSPS) is 23.8. The Morgan fingerprint density at radius 2 is 1.74 bits per heavy atom. The highest BCUT2D eigenvalue weighted by molar-refractivity contribution is 6.31. The summed E-state index contributed by atoms with van der Waals surface area (Å²) in [6.45, 7) is 0.0801. The summed E-state index contributed by atoms with van der Waals surface area (Å²) in [6, 6.07) is 7.23. The smallest absolute Gasteiger partial charge is 0.240 e. The number of halogens is 1. The SMILES string of the molecule is O=C(CN1C(=O)C2CCCCC2C1=O)NCc1ccccc1Cl. The summed E-state index contributed by atoms with van der Waals surface area (Å²) in [6.07, 6.45) is 3.47. The Labute approximate surface area is 140 Å². The zero-order valence-corrected chi connectivity index (χ0v) is 13.5. The molecule has 1 aromatic rings. The highest BCUT2D eigenvalue weighted by Crippen LogP contribution is 2.37. The van der Waals surface area contributed by atoms with Crippen LogP contribution in [0, 0.1) is 11.8 Å². The first-order valence-corrected chi connectivity index (χ1v) is 8.31. The molecule has 2 atom stereocenters. The van der Waals surface area contributed by atoms with Crippen LogP contribution in [0.2, 0.25) is 5.02 Å². The molecule has 0 radical (unpaired) electrons. The lowest BCUT2D eigenvalue weighted by Crippen LogP contribution is -2.40. The third-order valence-corrected chi connectivity index (χ3v) is 5.04. The highest BCUT2D eigenvalue weighted by atomic mass is 35.5. The zero-order chi connectivity index (χ0) is 16.4. The van der Waals surface area contributed by atoms with Crippen molar-refractivity contribution in [2.24, 2.45) is 11.8 Å². The molecule has 23 heavy (non-hydrogen) atoms. The Bertz CT molecular complexity index is 622. The van der Waals surface area contributed by atoms with Crippen LogP contribution in [-0.2, 0) is 20.9 Å². The van der Waals surface area contributed by atoms with E-state index in [-0.39, 0.29) is 42.6 Å². The number of benzene rings is 1. The van der Waals surface area contributed by atoms with E-state index in [4.69, 9.17) is 11.6 Å². The van der Waals surface area contributed by atoms with Crippen molar-refractivity contribution in [3.8, 4) is 0 Å². The van der Waals surface area contributed by atoms with Gasteiger partial charge in [-0.3, -0.25) is 19.3 Å². The fourth-order valence-corrected chi connectivity index (χ4v) is 3.62. The minimum absolute atomic E-state index is 0.187. The molecule has 0 spiro atoms. The molecule has 1 heterocycles. The summed E-state index contributed by atoms with van der Waals surface area (Å²) in [5.74, 6) is -1.15. The van der Waals surface area contributed by atoms with E-state index in [0.29, 0.717) is 5.02 Å². The quantitative estimate of drug-likeness (QED) is 0.858. The number of likely N-dealkylation sites (tertiary alicyclic amines) is 1. The zero-order valence-electron chi connectivity index (χ0n) is 12.8. The lowest BCUT2D eigenvalue weighted by atomic mass is 9.81. The van der Waals surface area contributed by atoms with Crippen LogP contribution in [0.3, 0.4) is 0 Å².